The Kier molecular flexibility index (Phi) is 6.59. The maximum atomic E-state index is 4.69. The van der Waals surface area contributed by atoms with E-state index in [1.165, 1.54) is 70.8 Å². The molecule has 200 valence electrons. The van der Waals surface area contributed by atoms with Crippen LogP contribution in [0.5, 0.6) is 0 Å². The lowest BCUT2D eigenvalue weighted by atomic mass is 9.98. The minimum absolute atomic E-state index is 0.322. The highest BCUT2D eigenvalue weighted by atomic mass is 15.3. The van der Waals surface area contributed by atoms with Gasteiger partial charge in [-0.2, -0.15) is 0 Å². The SMILES string of the molecule is CN1C=C(c2ccc(-c3ccc4cc(-c5cnc(C6CCCCN6)[nH]5)ccc4c3)cc2)NC1C1CCCCN1. The standard InChI is InChI=1S/C33H38N6/c1-39-21-31(38-33(39)29-7-3-5-17-35-29)23-10-8-22(9-11-23)24-12-13-26-19-27(15-14-25(26)18-24)30-20-36-32(37-30)28-6-2-4-16-34-28/h8-15,18-21,28-29,33-35,38H,2-7,16-17H2,1H3,(H,36,37). The van der Waals surface area contributed by atoms with Gasteiger partial charge in [0.25, 0.3) is 0 Å². The molecule has 0 amide bonds. The van der Waals surface area contributed by atoms with E-state index < -0.39 is 0 Å². The third kappa shape index (κ3) is 4.95. The Bertz CT molecular complexity index is 1470. The molecule has 4 N–H and O–H groups in total. The normalized spacial score (nSPS) is 23.6. The van der Waals surface area contributed by atoms with E-state index in [9.17, 15) is 0 Å². The molecule has 3 aliphatic heterocycles. The van der Waals surface area contributed by atoms with Crippen LogP contribution in [-0.4, -0.2) is 47.2 Å². The number of benzene rings is 3. The molecular weight excluding hydrogens is 480 g/mol. The first-order valence-electron chi connectivity index (χ1n) is 14.6. The average molecular weight is 519 g/mol. The zero-order valence-electron chi connectivity index (χ0n) is 22.7. The van der Waals surface area contributed by atoms with Gasteiger partial charge in [0, 0.05) is 24.9 Å². The highest BCUT2D eigenvalue weighted by Gasteiger charge is 2.30. The molecule has 7 rings (SSSR count). The van der Waals surface area contributed by atoms with Crippen LogP contribution < -0.4 is 16.0 Å². The van der Waals surface area contributed by atoms with Gasteiger partial charge in [0.15, 0.2) is 0 Å². The van der Waals surface area contributed by atoms with Gasteiger partial charge in [0.2, 0.25) is 0 Å². The maximum Gasteiger partial charge on any atom is 0.123 e. The lowest BCUT2D eigenvalue weighted by Gasteiger charge is -2.33. The van der Waals surface area contributed by atoms with Crippen molar-refractivity contribution < 1.29 is 0 Å². The Hall–Kier alpha value is -3.61. The largest absolute Gasteiger partial charge is 0.362 e. The summed E-state index contributed by atoms with van der Waals surface area (Å²) in [6.07, 6.45) is 12.0. The molecule has 3 atom stereocenters. The van der Waals surface area contributed by atoms with Gasteiger partial charge >= 0.3 is 0 Å². The van der Waals surface area contributed by atoms with Gasteiger partial charge in [0.05, 0.1) is 23.6 Å². The van der Waals surface area contributed by atoms with E-state index in [2.05, 4.69) is 105 Å². The smallest absolute Gasteiger partial charge is 0.123 e. The summed E-state index contributed by atoms with van der Waals surface area (Å²) in [6, 6.07) is 23.3. The summed E-state index contributed by atoms with van der Waals surface area (Å²) >= 11 is 0. The molecule has 2 fully saturated rings. The summed E-state index contributed by atoms with van der Waals surface area (Å²) in [7, 11) is 2.18. The maximum absolute atomic E-state index is 4.69. The van der Waals surface area contributed by atoms with Crippen molar-refractivity contribution in [2.75, 3.05) is 20.1 Å². The van der Waals surface area contributed by atoms with Gasteiger partial charge in [-0.05, 0) is 78.4 Å². The first kappa shape index (κ1) is 24.4. The second-order valence-electron chi connectivity index (χ2n) is 11.4. The van der Waals surface area contributed by atoms with Crippen molar-refractivity contribution in [2.45, 2.75) is 56.8 Å². The fourth-order valence-corrected chi connectivity index (χ4v) is 6.45. The summed E-state index contributed by atoms with van der Waals surface area (Å²) in [5, 5.41) is 13.5. The van der Waals surface area contributed by atoms with E-state index in [1.54, 1.807) is 0 Å². The highest BCUT2D eigenvalue weighted by molar-refractivity contribution is 5.90. The molecule has 0 radical (unpaired) electrons. The fraction of sp³-hybridized carbons (Fsp3) is 0.364. The van der Waals surface area contributed by atoms with Crippen molar-refractivity contribution in [3.05, 3.63) is 84.4 Å². The second-order valence-corrected chi connectivity index (χ2v) is 11.4. The quantitative estimate of drug-likeness (QED) is 0.260. The number of fused-ring (bicyclic) bond motifs is 1. The summed E-state index contributed by atoms with van der Waals surface area (Å²) in [6.45, 7) is 2.20. The number of aromatic amines is 1. The number of aromatic nitrogens is 2. The Balaban J connectivity index is 1.06. The Morgan fingerprint density at radius 3 is 2.18 bits per heavy atom. The van der Waals surface area contributed by atoms with E-state index in [1.807, 2.05) is 6.20 Å². The van der Waals surface area contributed by atoms with Gasteiger partial charge in [-0.15, -0.1) is 0 Å². The molecule has 3 aliphatic rings. The summed E-state index contributed by atoms with van der Waals surface area (Å²) in [4.78, 5) is 10.6. The van der Waals surface area contributed by atoms with E-state index in [0.29, 0.717) is 18.2 Å². The number of piperidine rings is 2. The van der Waals surface area contributed by atoms with Crippen LogP contribution in [0.2, 0.25) is 0 Å². The molecule has 0 bridgehead atoms. The molecule has 3 unspecified atom stereocenters. The van der Waals surface area contributed by atoms with Crippen LogP contribution in [0.15, 0.2) is 73.1 Å². The van der Waals surface area contributed by atoms with Crippen LogP contribution in [0, 0.1) is 0 Å². The summed E-state index contributed by atoms with van der Waals surface area (Å²) in [5.74, 6) is 1.06. The highest BCUT2D eigenvalue weighted by Crippen LogP contribution is 2.31. The summed E-state index contributed by atoms with van der Waals surface area (Å²) in [5.41, 5.74) is 7.17. The predicted molar refractivity (Wildman–Crippen MR) is 160 cm³/mol. The Morgan fingerprint density at radius 2 is 1.44 bits per heavy atom. The number of hydrogen-bond acceptors (Lipinski definition) is 5. The van der Waals surface area contributed by atoms with E-state index in [0.717, 1.165) is 31.0 Å². The number of hydrogen-bond donors (Lipinski definition) is 4. The first-order chi connectivity index (χ1) is 19.2. The number of nitrogens with one attached hydrogen (secondary N) is 4. The Labute approximate surface area is 230 Å². The lowest BCUT2D eigenvalue weighted by Crippen LogP contribution is -2.52. The molecule has 2 saturated heterocycles. The first-order valence-corrected chi connectivity index (χ1v) is 14.6. The van der Waals surface area contributed by atoms with Crippen LogP contribution in [0.25, 0.3) is 38.9 Å². The molecular formula is C33H38N6. The average Bonchev–Trinajstić information content (AvgIpc) is 3.65. The molecule has 4 heterocycles. The van der Waals surface area contributed by atoms with Crippen molar-refractivity contribution in [2.24, 2.45) is 0 Å². The van der Waals surface area contributed by atoms with Crippen LogP contribution >= 0.6 is 0 Å². The zero-order chi connectivity index (χ0) is 26.2. The molecule has 6 nitrogen and oxygen atoms in total. The molecule has 0 saturated carbocycles. The number of imidazole rings is 1. The van der Waals surface area contributed by atoms with Gasteiger partial charge < -0.3 is 25.8 Å². The minimum atomic E-state index is 0.322. The van der Waals surface area contributed by atoms with Gasteiger partial charge in [-0.3, -0.25) is 0 Å². The van der Waals surface area contributed by atoms with Crippen LogP contribution in [0.4, 0.5) is 0 Å². The molecule has 1 aromatic heterocycles. The molecule has 39 heavy (non-hydrogen) atoms. The monoisotopic (exact) mass is 518 g/mol. The van der Waals surface area contributed by atoms with Crippen molar-refractivity contribution in [1.82, 2.24) is 30.8 Å². The van der Waals surface area contributed by atoms with Gasteiger partial charge in [-0.25, -0.2) is 4.98 Å². The summed E-state index contributed by atoms with van der Waals surface area (Å²) < 4.78 is 0. The van der Waals surface area contributed by atoms with Crippen molar-refractivity contribution in [1.29, 1.82) is 0 Å². The topological polar surface area (TPSA) is 68.0 Å². The van der Waals surface area contributed by atoms with Crippen LogP contribution in [0.1, 0.15) is 56.0 Å². The van der Waals surface area contributed by atoms with Crippen LogP contribution in [0.3, 0.4) is 0 Å². The third-order valence-electron chi connectivity index (χ3n) is 8.72. The van der Waals surface area contributed by atoms with Gasteiger partial charge in [-0.1, -0.05) is 61.4 Å². The van der Waals surface area contributed by atoms with Gasteiger partial charge in [0.1, 0.15) is 12.0 Å². The van der Waals surface area contributed by atoms with Crippen molar-refractivity contribution >= 4 is 16.5 Å². The van der Waals surface area contributed by atoms with E-state index >= 15 is 0 Å². The predicted octanol–water partition coefficient (Wildman–Crippen LogP) is 6.01. The minimum Gasteiger partial charge on any atom is -0.362 e. The number of likely N-dealkylation sites (N-methyl/N-ethyl adjacent to an activating group) is 1. The third-order valence-corrected chi connectivity index (χ3v) is 8.72. The fourth-order valence-electron chi connectivity index (χ4n) is 6.45. The van der Waals surface area contributed by atoms with E-state index in [4.69, 9.17) is 0 Å². The molecule has 4 aromatic rings. The van der Waals surface area contributed by atoms with Crippen molar-refractivity contribution in [3.63, 3.8) is 0 Å². The molecule has 0 spiro atoms. The Morgan fingerprint density at radius 1 is 0.744 bits per heavy atom. The van der Waals surface area contributed by atoms with Crippen LogP contribution in [-0.2, 0) is 0 Å². The van der Waals surface area contributed by atoms with Crippen molar-refractivity contribution in [3.8, 4) is 22.4 Å². The lowest BCUT2D eigenvalue weighted by molar-refractivity contribution is 0.222. The number of H-pyrrole nitrogens is 1. The number of nitrogens with zero attached hydrogens (tertiary/aromatic N) is 2. The molecule has 6 heteroatoms. The second kappa shape index (κ2) is 10.5. The zero-order valence-corrected chi connectivity index (χ0v) is 22.7. The van der Waals surface area contributed by atoms with E-state index in [-0.39, 0.29) is 0 Å². The number of rotatable bonds is 5. The molecule has 3 aromatic carbocycles. The molecule has 0 aliphatic carbocycles.